The van der Waals surface area contributed by atoms with E-state index in [1.165, 1.54) is 0 Å². The number of nitrogens with one attached hydrogen (secondary N) is 1. The van der Waals surface area contributed by atoms with Gasteiger partial charge in [0.25, 0.3) is 5.91 Å². The van der Waals surface area contributed by atoms with Gasteiger partial charge in [-0.2, -0.15) is 0 Å². The monoisotopic (exact) mass is 361 g/mol. The third-order valence-electron chi connectivity index (χ3n) is 4.11. The number of halogens is 3. The second-order valence-corrected chi connectivity index (χ2v) is 6.56. The van der Waals surface area contributed by atoms with Crippen molar-refractivity contribution in [1.29, 1.82) is 0 Å². The molecule has 2 rings (SSSR count). The van der Waals surface area contributed by atoms with E-state index >= 15 is 0 Å². The van der Waals surface area contributed by atoms with Crippen LogP contribution >= 0.6 is 15.9 Å². The molecule has 1 aliphatic carbocycles. The van der Waals surface area contributed by atoms with Crippen LogP contribution in [0, 0.1) is 17.0 Å². The van der Waals surface area contributed by atoms with Crippen molar-refractivity contribution in [2.24, 2.45) is 5.41 Å². The molecule has 0 atom stereocenters. The number of hydrogen-bond acceptors (Lipinski definition) is 2. The Morgan fingerprint density at radius 1 is 1.24 bits per heavy atom. The van der Waals surface area contributed by atoms with Gasteiger partial charge in [-0.25, -0.2) is 8.78 Å². The van der Waals surface area contributed by atoms with Crippen LogP contribution in [0.5, 0.6) is 0 Å². The van der Waals surface area contributed by atoms with Crippen LogP contribution in [0.15, 0.2) is 16.6 Å². The summed E-state index contributed by atoms with van der Waals surface area (Å²) in [4.78, 5) is 12.0. The molecule has 0 spiro atoms. The number of aliphatic hydroxyl groups is 1. The van der Waals surface area contributed by atoms with E-state index in [9.17, 15) is 18.7 Å². The Hall–Kier alpha value is -1.01. The minimum atomic E-state index is -0.902. The molecule has 21 heavy (non-hydrogen) atoms. The standard InChI is InChI=1S/C15H18BrF2NO2/c16-10-6-11(17)13(12(18)7-10)14(21)19-8-15(9-20)4-2-1-3-5-15/h6-7,20H,1-5,8-9H2,(H,19,21). The predicted octanol–water partition coefficient (Wildman–Crippen LogP) is 3.40. The van der Waals surface area contributed by atoms with E-state index in [1.807, 2.05) is 0 Å². The van der Waals surface area contributed by atoms with Crippen LogP contribution in [-0.4, -0.2) is 24.2 Å². The van der Waals surface area contributed by atoms with Crippen LogP contribution in [0.2, 0.25) is 0 Å². The van der Waals surface area contributed by atoms with Crippen molar-refractivity contribution in [1.82, 2.24) is 5.32 Å². The van der Waals surface area contributed by atoms with Gasteiger partial charge < -0.3 is 10.4 Å². The molecule has 2 N–H and O–H groups in total. The quantitative estimate of drug-likeness (QED) is 0.863. The molecule has 1 amide bonds. The van der Waals surface area contributed by atoms with Gasteiger partial charge in [-0.3, -0.25) is 4.79 Å². The van der Waals surface area contributed by atoms with Gasteiger partial charge >= 0.3 is 0 Å². The summed E-state index contributed by atoms with van der Waals surface area (Å²) in [6.45, 7) is 0.204. The van der Waals surface area contributed by atoms with E-state index in [4.69, 9.17) is 0 Å². The van der Waals surface area contributed by atoms with Crippen molar-refractivity contribution < 1.29 is 18.7 Å². The first kappa shape index (κ1) is 16.4. The van der Waals surface area contributed by atoms with E-state index < -0.39 is 23.1 Å². The zero-order valence-electron chi connectivity index (χ0n) is 11.6. The van der Waals surface area contributed by atoms with Gasteiger partial charge in [-0.1, -0.05) is 35.2 Å². The van der Waals surface area contributed by atoms with Crippen molar-refractivity contribution in [2.75, 3.05) is 13.2 Å². The molecular weight excluding hydrogens is 344 g/mol. The van der Waals surface area contributed by atoms with E-state index in [0.717, 1.165) is 44.2 Å². The summed E-state index contributed by atoms with van der Waals surface area (Å²) in [7, 11) is 0. The fourth-order valence-corrected chi connectivity index (χ4v) is 3.21. The maximum absolute atomic E-state index is 13.7. The molecule has 0 aromatic heterocycles. The average Bonchev–Trinajstić information content (AvgIpc) is 2.45. The van der Waals surface area contributed by atoms with Gasteiger partial charge in [-0.05, 0) is 25.0 Å². The molecule has 3 nitrogen and oxygen atoms in total. The van der Waals surface area contributed by atoms with E-state index in [2.05, 4.69) is 21.2 Å². The Morgan fingerprint density at radius 3 is 2.33 bits per heavy atom. The third-order valence-corrected chi connectivity index (χ3v) is 4.57. The molecule has 116 valence electrons. The minimum Gasteiger partial charge on any atom is -0.396 e. The van der Waals surface area contributed by atoms with Crippen LogP contribution in [0.1, 0.15) is 42.5 Å². The lowest BCUT2D eigenvalue weighted by Crippen LogP contribution is -2.41. The van der Waals surface area contributed by atoms with Gasteiger partial charge in [0.05, 0.1) is 6.61 Å². The van der Waals surface area contributed by atoms with Gasteiger partial charge in [0.2, 0.25) is 0 Å². The molecule has 1 aromatic carbocycles. The topological polar surface area (TPSA) is 49.3 Å². The van der Waals surface area contributed by atoms with E-state index in [1.54, 1.807) is 0 Å². The predicted molar refractivity (Wildman–Crippen MR) is 79.0 cm³/mol. The largest absolute Gasteiger partial charge is 0.396 e. The fraction of sp³-hybridized carbons (Fsp3) is 0.533. The fourth-order valence-electron chi connectivity index (χ4n) is 2.81. The van der Waals surface area contributed by atoms with Crippen molar-refractivity contribution in [3.63, 3.8) is 0 Å². The van der Waals surface area contributed by atoms with Gasteiger partial charge in [0.1, 0.15) is 17.2 Å². The van der Waals surface area contributed by atoms with Crippen molar-refractivity contribution in [3.05, 3.63) is 33.8 Å². The molecule has 0 aliphatic heterocycles. The number of amides is 1. The summed E-state index contributed by atoms with van der Waals surface area (Å²) in [5.74, 6) is -2.59. The normalized spacial score (nSPS) is 17.5. The Labute approximate surface area is 130 Å². The number of hydrogen-bond donors (Lipinski definition) is 2. The second kappa shape index (κ2) is 6.83. The number of carbonyl (C=O) groups excluding carboxylic acids is 1. The molecule has 0 heterocycles. The smallest absolute Gasteiger partial charge is 0.257 e. The Bertz CT molecular complexity index is 507. The molecule has 1 saturated carbocycles. The lowest BCUT2D eigenvalue weighted by atomic mass is 9.74. The van der Waals surface area contributed by atoms with Crippen molar-refractivity contribution in [3.8, 4) is 0 Å². The Balaban J connectivity index is 2.08. The maximum Gasteiger partial charge on any atom is 0.257 e. The first-order chi connectivity index (χ1) is 9.97. The number of rotatable bonds is 4. The lowest BCUT2D eigenvalue weighted by molar-refractivity contribution is 0.0714. The Kier molecular flexibility index (Phi) is 5.32. The zero-order valence-corrected chi connectivity index (χ0v) is 13.2. The molecule has 0 unspecified atom stereocenters. The molecule has 1 fully saturated rings. The highest BCUT2D eigenvalue weighted by molar-refractivity contribution is 9.10. The number of carbonyl (C=O) groups is 1. The highest BCUT2D eigenvalue weighted by Crippen LogP contribution is 2.35. The maximum atomic E-state index is 13.7. The van der Waals surface area contributed by atoms with Gasteiger partial charge in [0, 0.05) is 16.4 Å². The summed E-state index contributed by atoms with van der Waals surface area (Å²) < 4.78 is 27.7. The summed E-state index contributed by atoms with van der Waals surface area (Å²) in [5.41, 5.74) is -0.946. The summed E-state index contributed by atoms with van der Waals surface area (Å²) in [6, 6.07) is 2.11. The molecule has 0 bridgehead atoms. The average molecular weight is 362 g/mol. The van der Waals surface area contributed by atoms with Crippen LogP contribution in [0.3, 0.4) is 0 Å². The lowest BCUT2D eigenvalue weighted by Gasteiger charge is -2.35. The van der Waals surface area contributed by atoms with Gasteiger partial charge in [0.15, 0.2) is 0 Å². The van der Waals surface area contributed by atoms with Crippen LogP contribution < -0.4 is 5.32 Å². The van der Waals surface area contributed by atoms with Crippen molar-refractivity contribution in [2.45, 2.75) is 32.1 Å². The van der Waals surface area contributed by atoms with Gasteiger partial charge in [-0.15, -0.1) is 0 Å². The molecule has 1 aromatic rings. The molecule has 6 heteroatoms. The highest BCUT2D eigenvalue weighted by Gasteiger charge is 2.32. The van der Waals surface area contributed by atoms with Crippen LogP contribution in [-0.2, 0) is 0 Å². The SMILES string of the molecule is O=C(NCC1(CO)CCCCC1)c1c(F)cc(Br)cc1F. The minimum absolute atomic E-state index is 0.0292. The summed E-state index contributed by atoms with van der Waals surface area (Å²) in [6.07, 6.45) is 4.74. The zero-order chi connectivity index (χ0) is 15.5. The van der Waals surface area contributed by atoms with E-state index in [0.29, 0.717) is 0 Å². The first-order valence-electron chi connectivity index (χ1n) is 7.01. The first-order valence-corrected chi connectivity index (χ1v) is 7.80. The highest BCUT2D eigenvalue weighted by atomic mass is 79.9. The summed E-state index contributed by atoms with van der Waals surface area (Å²) in [5, 5.41) is 12.1. The number of aliphatic hydroxyl groups excluding tert-OH is 1. The third kappa shape index (κ3) is 3.80. The van der Waals surface area contributed by atoms with Crippen LogP contribution in [0.25, 0.3) is 0 Å². The van der Waals surface area contributed by atoms with E-state index in [-0.39, 0.29) is 23.0 Å². The van der Waals surface area contributed by atoms with Crippen LogP contribution in [0.4, 0.5) is 8.78 Å². The molecule has 0 saturated heterocycles. The molecular formula is C15H18BrF2NO2. The Morgan fingerprint density at radius 2 is 1.81 bits per heavy atom. The summed E-state index contributed by atoms with van der Waals surface area (Å²) >= 11 is 2.97. The molecule has 1 aliphatic rings. The number of benzene rings is 1. The molecule has 0 radical (unpaired) electrons. The van der Waals surface area contributed by atoms with Crippen molar-refractivity contribution >= 4 is 21.8 Å². The second-order valence-electron chi connectivity index (χ2n) is 5.65.